The first kappa shape index (κ1) is 27.9. The summed E-state index contributed by atoms with van der Waals surface area (Å²) < 4.78 is 0. The topological polar surface area (TPSA) is 40.5 Å². The van der Waals surface area contributed by atoms with Crippen LogP contribution in [-0.4, -0.2) is 10.2 Å². The Bertz CT molecular complexity index is 2030. The summed E-state index contributed by atoms with van der Waals surface area (Å²) in [5, 5.41) is 30.8. The van der Waals surface area contributed by atoms with Gasteiger partial charge in [0.2, 0.25) is 0 Å². The second-order valence-electron chi connectivity index (χ2n) is 11.2. The molecule has 0 saturated carbocycles. The number of hydrogen-bond donors (Lipinski definition) is 2. The van der Waals surface area contributed by atoms with Crippen LogP contribution in [0.2, 0.25) is 0 Å². The highest BCUT2D eigenvalue weighted by Crippen LogP contribution is 2.46. The molecule has 0 aliphatic rings. The van der Waals surface area contributed by atoms with E-state index in [1.807, 2.05) is 18.2 Å². The standard InChI is InChI=1S/C41H33O2P/c42-37-25-12-9-15-30(37)17-13-18-32-28-31-16-8-11-24-36(31)40(41(32)43)39-35-23-10-7-14-29(35)26-27-38(39)44(33-19-3-1-4-20-33)34-21-5-2-6-22-34/h1-12,14-16,19-28,42-43H,13,17-18H2. The number of aryl methyl sites for hydroxylation is 2. The van der Waals surface area contributed by atoms with Gasteiger partial charge in [0, 0.05) is 11.1 Å². The Morgan fingerprint density at radius 1 is 0.455 bits per heavy atom. The molecule has 0 saturated heterocycles. The zero-order valence-corrected chi connectivity index (χ0v) is 25.3. The predicted molar refractivity (Wildman–Crippen MR) is 187 cm³/mol. The van der Waals surface area contributed by atoms with E-state index in [4.69, 9.17) is 0 Å². The molecule has 2 nitrogen and oxygen atoms in total. The average Bonchev–Trinajstić information content (AvgIpc) is 3.07. The van der Waals surface area contributed by atoms with E-state index in [2.05, 4.69) is 127 Å². The number of benzene rings is 7. The molecule has 214 valence electrons. The second kappa shape index (κ2) is 12.4. The minimum absolute atomic E-state index is 0.325. The molecule has 0 fully saturated rings. The molecule has 0 bridgehead atoms. The van der Waals surface area contributed by atoms with Crippen LogP contribution in [0.25, 0.3) is 32.7 Å². The van der Waals surface area contributed by atoms with Gasteiger partial charge in [-0.05, 0) is 87.9 Å². The first-order valence-electron chi connectivity index (χ1n) is 15.1. The molecule has 7 aromatic rings. The number of phenolic OH excluding ortho intramolecular Hbond substituents is 2. The van der Waals surface area contributed by atoms with Gasteiger partial charge >= 0.3 is 0 Å². The molecule has 7 aromatic carbocycles. The second-order valence-corrected chi connectivity index (χ2v) is 13.3. The van der Waals surface area contributed by atoms with Crippen LogP contribution in [0.15, 0.2) is 152 Å². The van der Waals surface area contributed by atoms with Gasteiger partial charge in [-0.25, -0.2) is 0 Å². The van der Waals surface area contributed by atoms with Gasteiger partial charge in [0.05, 0.1) is 0 Å². The molecule has 0 aromatic heterocycles. The van der Waals surface area contributed by atoms with E-state index in [0.717, 1.165) is 56.6 Å². The highest BCUT2D eigenvalue weighted by molar-refractivity contribution is 7.80. The summed E-state index contributed by atoms with van der Waals surface area (Å²) in [4.78, 5) is 0. The largest absolute Gasteiger partial charge is 0.508 e. The van der Waals surface area contributed by atoms with Crippen molar-refractivity contribution in [1.82, 2.24) is 0 Å². The van der Waals surface area contributed by atoms with Crippen LogP contribution in [0, 0.1) is 0 Å². The zero-order chi connectivity index (χ0) is 29.9. The third-order valence-corrected chi connectivity index (χ3v) is 10.9. The van der Waals surface area contributed by atoms with Crippen molar-refractivity contribution in [2.75, 3.05) is 0 Å². The molecule has 44 heavy (non-hydrogen) atoms. The lowest BCUT2D eigenvalue weighted by Crippen LogP contribution is -2.22. The number of hydrogen-bond acceptors (Lipinski definition) is 2. The van der Waals surface area contributed by atoms with Crippen molar-refractivity contribution in [2.45, 2.75) is 19.3 Å². The van der Waals surface area contributed by atoms with Crippen LogP contribution in [0.1, 0.15) is 17.5 Å². The first-order chi connectivity index (χ1) is 21.7. The third kappa shape index (κ3) is 5.34. The normalized spacial score (nSPS) is 11.4. The lowest BCUT2D eigenvalue weighted by Gasteiger charge is -2.25. The van der Waals surface area contributed by atoms with E-state index >= 15 is 0 Å². The highest BCUT2D eigenvalue weighted by atomic mass is 31.1. The van der Waals surface area contributed by atoms with Crippen molar-refractivity contribution in [3.8, 4) is 22.6 Å². The first-order valence-corrected chi connectivity index (χ1v) is 16.5. The minimum Gasteiger partial charge on any atom is -0.508 e. The average molecular weight is 589 g/mol. The molecule has 3 heteroatoms. The van der Waals surface area contributed by atoms with Crippen LogP contribution in [-0.2, 0) is 12.8 Å². The van der Waals surface area contributed by atoms with Gasteiger partial charge in [-0.3, -0.25) is 0 Å². The fourth-order valence-electron chi connectivity index (χ4n) is 6.32. The lowest BCUT2D eigenvalue weighted by atomic mass is 9.89. The van der Waals surface area contributed by atoms with E-state index in [1.165, 1.54) is 15.9 Å². The van der Waals surface area contributed by atoms with Crippen LogP contribution in [0.4, 0.5) is 0 Å². The molecule has 0 atom stereocenters. The van der Waals surface area contributed by atoms with Gasteiger partial charge in [0.15, 0.2) is 0 Å². The van der Waals surface area contributed by atoms with Crippen LogP contribution >= 0.6 is 7.92 Å². The van der Waals surface area contributed by atoms with E-state index in [-0.39, 0.29) is 0 Å². The molecule has 2 N–H and O–H groups in total. The van der Waals surface area contributed by atoms with Crippen molar-refractivity contribution >= 4 is 45.4 Å². The van der Waals surface area contributed by atoms with E-state index < -0.39 is 7.92 Å². The maximum absolute atomic E-state index is 12.3. The van der Waals surface area contributed by atoms with Crippen molar-refractivity contribution in [2.24, 2.45) is 0 Å². The molecule has 7 rings (SSSR count). The molecular weight excluding hydrogens is 555 g/mol. The van der Waals surface area contributed by atoms with Crippen LogP contribution in [0.3, 0.4) is 0 Å². The number of para-hydroxylation sites is 1. The lowest BCUT2D eigenvalue weighted by molar-refractivity contribution is 0.465. The van der Waals surface area contributed by atoms with Crippen molar-refractivity contribution in [3.63, 3.8) is 0 Å². The van der Waals surface area contributed by atoms with Gasteiger partial charge < -0.3 is 10.2 Å². The fourth-order valence-corrected chi connectivity index (χ4v) is 8.79. The Hall–Kier alpha value is -4.91. The Morgan fingerprint density at radius 3 is 1.68 bits per heavy atom. The van der Waals surface area contributed by atoms with Crippen molar-refractivity contribution < 1.29 is 10.2 Å². The van der Waals surface area contributed by atoms with E-state index in [0.29, 0.717) is 17.9 Å². The number of aromatic hydroxyl groups is 2. The predicted octanol–water partition coefficient (Wildman–Crippen LogP) is 9.00. The minimum atomic E-state index is -0.925. The van der Waals surface area contributed by atoms with E-state index in [1.54, 1.807) is 6.07 Å². The molecule has 0 unspecified atom stereocenters. The SMILES string of the molecule is Oc1ccccc1CCCc1cc2ccccc2c(-c2c(P(c3ccccc3)c3ccccc3)ccc3ccccc23)c1O. The van der Waals surface area contributed by atoms with Crippen molar-refractivity contribution in [1.29, 1.82) is 0 Å². The quantitative estimate of drug-likeness (QED) is 0.174. The maximum atomic E-state index is 12.3. The maximum Gasteiger partial charge on any atom is 0.127 e. The van der Waals surface area contributed by atoms with Gasteiger partial charge in [-0.2, -0.15) is 0 Å². The van der Waals surface area contributed by atoms with Crippen LogP contribution < -0.4 is 15.9 Å². The summed E-state index contributed by atoms with van der Waals surface area (Å²) in [6.07, 6.45) is 2.25. The molecule has 0 spiro atoms. The summed E-state index contributed by atoms with van der Waals surface area (Å²) in [6, 6.07) is 52.6. The van der Waals surface area contributed by atoms with Gasteiger partial charge in [0.25, 0.3) is 0 Å². The third-order valence-electron chi connectivity index (χ3n) is 8.41. The molecule has 0 aliphatic heterocycles. The summed E-state index contributed by atoms with van der Waals surface area (Å²) in [5.74, 6) is 0.668. The highest BCUT2D eigenvalue weighted by Gasteiger charge is 2.25. The van der Waals surface area contributed by atoms with Crippen LogP contribution in [0.5, 0.6) is 11.5 Å². The molecule has 0 heterocycles. The summed E-state index contributed by atoms with van der Waals surface area (Å²) in [6.45, 7) is 0. The molecule has 0 amide bonds. The summed E-state index contributed by atoms with van der Waals surface area (Å²) >= 11 is 0. The molecular formula is C41H33O2P. The number of rotatable bonds is 8. The Morgan fingerprint density at radius 2 is 1.00 bits per heavy atom. The zero-order valence-electron chi connectivity index (χ0n) is 24.4. The Balaban J connectivity index is 1.46. The van der Waals surface area contributed by atoms with Gasteiger partial charge in [-0.15, -0.1) is 0 Å². The molecule has 0 radical (unpaired) electrons. The fraction of sp³-hybridized carbons (Fsp3) is 0.0732. The Labute approximate surface area is 259 Å². The summed E-state index contributed by atoms with van der Waals surface area (Å²) in [7, 11) is -0.925. The van der Waals surface area contributed by atoms with Crippen molar-refractivity contribution in [3.05, 3.63) is 163 Å². The van der Waals surface area contributed by atoms with Gasteiger partial charge in [0.1, 0.15) is 11.5 Å². The molecule has 0 aliphatic carbocycles. The monoisotopic (exact) mass is 588 g/mol. The number of phenols is 2. The van der Waals surface area contributed by atoms with E-state index in [9.17, 15) is 10.2 Å². The summed E-state index contributed by atoms with van der Waals surface area (Å²) in [5.41, 5.74) is 3.85. The Kier molecular flexibility index (Phi) is 7.84. The smallest absolute Gasteiger partial charge is 0.127 e. The van der Waals surface area contributed by atoms with Gasteiger partial charge in [-0.1, -0.05) is 140 Å². The number of fused-ring (bicyclic) bond motifs is 2.